The number of esters is 1. The zero-order valence-corrected chi connectivity index (χ0v) is 11.7. The van der Waals surface area contributed by atoms with Crippen LogP contribution in [0.4, 0.5) is 0 Å². The Balaban J connectivity index is 1.95. The summed E-state index contributed by atoms with van der Waals surface area (Å²) < 4.78 is 5.17. The van der Waals surface area contributed by atoms with Crippen molar-refractivity contribution in [3.05, 3.63) is 35.9 Å². The number of rotatable bonds is 10. The van der Waals surface area contributed by atoms with E-state index in [9.17, 15) is 9.59 Å². The van der Waals surface area contributed by atoms with Gasteiger partial charge < -0.3 is 9.84 Å². The number of carbonyl (C=O) groups excluding carboxylic acids is 1. The normalized spacial score (nSPS) is 10.2. The lowest BCUT2D eigenvalue weighted by atomic mass is 10.1. The number of benzene rings is 1. The third-order valence-electron chi connectivity index (χ3n) is 3.03. The van der Waals surface area contributed by atoms with E-state index in [1.165, 1.54) is 0 Å². The van der Waals surface area contributed by atoms with E-state index < -0.39 is 5.97 Å². The van der Waals surface area contributed by atoms with E-state index >= 15 is 0 Å². The van der Waals surface area contributed by atoms with Gasteiger partial charge in [-0.2, -0.15) is 0 Å². The highest BCUT2D eigenvalue weighted by Crippen LogP contribution is 2.08. The van der Waals surface area contributed by atoms with Crippen LogP contribution in [0, 0.1) is 0 Å². The lowest BCUT2D eigenvalue weighted by molar-refractivity contribution is -0.137. The highest BCUT2D eigenvalue weighted by molar-refractivity contribution is 5.89. The molecule has 20 heavy (non-hydrogen) atoms. The summed E-state index contributed by atoms with van der Waals surface area (Å²) >= 11 is 0. The Labute approximate surface area is 119 Å². The van der Waals surface area contributed by atoms with Crippen molar-refractivity contribution in [2.75, 3.05) is 6.61 Å². The SMILES string of the molecule is O=C(O)CCCCCCCCOC(=O)c1ccccc1. The summed E-state index contributed by atoms with van der Waals surface area (Å²) in [6.07, 6.45) is 5.93. The highest BCUT2D eigenvalue weighted by atomic mass is 16.5. The molecule has 0 radical (unpaired) electrons. The summed E-state index contributed by atoms with van der Waals surface area (Å²) in [7, 11) is 0. The van der Waals surface area contributed by atoms with E-state index in [-0.39, 0.29) is 12.4 Å². The topological polar surface area (TPSA) is 63.6 Å². The molecule has 1 aromatic rings. The van der Waals surface area contributed by atoms with Crippen LogP contribution >= 0.6 is 0 Å². The maximum atomic E-state index is 11.6. The summed E-state index contributed by atoms with van der Waals surface area (Å²) in [6, 6.07) is 8.97. The maximum Gasteiger partial charge on any atom is 0.338 e. The van der Waals surface area contributed by atoms with Crippen molar-refractivity contribution in [1.29, 1.82) is 0 Å². The Bertz CT molecular complexity index is 400. The van der Waals surface area contributed by atoms with E-state index in [1.54, 1.807) is 12.1 Å². The van der Waals surface area contributed by atoms with Crippen molar-refractivity contribution in [2.45, 2.75) is 44.9 Å². The first-order valence-corrected chi connectivity index (χ1v) is 7.14. The monoisotopic (exact) mass is 278 g/mol. The quantitative estimate of drug-likeness (QED) is 0.524. The Morgan fingerprint density at radius 1 is 0.900 bits per heavy atom. The van der Waals surface area contributed by atoms with E-state index in [4.69, 9.17) is 9.84 Å². The van der Waals surface area contributed by atoms with Gasteiger partial charge in [0.25, 0.3) is 0 Å². The molecule has 0 unspecified atom stereocenters. The molecule has 4 nitrogen and oxygen atoms in total. The van der Waals surface area contributed by atoms with Crippen LogP contribution in [0.1, 0.15) is 55.3 Å². The Morgan fingerprint density at radius 2 is 1.50 bits per heavy atom. The molecule has 1 rings (SSSR count). The molecule has 0 bridgehead atoms. The molecule has 4 heteroatoms. The molecule has 0 fully saturated rings. The Morgan fingerprint density at radius 3 is 2.15 bits per heavy atom. The molecular formula is C16H22O4. The fourth-order valence-electron chi connectivity index (χ4n) is 1.91. The number of carbonyl (C=O) groups is 2. The van der Waals surface area contributed by atoms with Crippen LogP contribution < -0.4 is 0 Å². The Kier molecular flexibility index (Phi) is 8.11. The summed E-state index contributed by atoms with van der Waals surface area (Å²) in [5, 5.41) is 8.48. The van der Waals surface area contributed by atoms with Crippen LogP contribution in [0.25, 0.3) is 0 Å². The van der Waals surface area contributed by atoms with Crippen molar-refractivity contribution >= 4 is 11.9 Å². The van der Waals surface area contributed by atoms with Gasteiger partial charge in [-0.25, -0.2) is 4.79 Å². The van der Waals surface area contributed by atoms with Gasteiger partial charge in [0.2, 0.25) is 0 Å². The zero-order chi connectivity index (χ0) is 14.6. The molecule has 0 spiro atoms. The first kappa shape index (κ1) is 16.2. The molecular weight excluding hydrogens is 256 g/mol. The molecule has 0 aliphatic rings. The lowest BCUT2D eigenvalue weighted by Crippen LogP contribution is -2.06. The third-order valence-corrected chi connectivity index (χ3v) is 3.03. The third kappa shape index (κ3) is 7.56. The zero-order valence-electron chi connectivity index (χ0n) is 11.7. The van der Waals surface area contributed by atoms with Crippen molar-refractivity contribution in [1.82, 2.24) is 0 Å². The van der Waals surface area contributed by atoms with Crippen molar-refractivity contribution in [2.24, 2.45) is 0 Å². The number of ether oxygens (including phenoxy) is 1. The molecule has 0 aliphatic heterocycles. The van der Waals surface area contributed by atoms with Gasteiger partial charge in [0.15, 0.2) is 0 Å². The van der Waals surface area contributed by atoms with Crippen LogP contribution in [0.2, 0.25) is 0 Å². The van der Waals surface area contributed by atoms with Crippen LogP contribution in [0.5, 0.6) is 0 Å². The summed E-state index contributed by atoms with van der Waals surface area (Å²) in [5.41, 5.74) is 0.584. The first-order chi connectivity index (χ1) is 9.70. The fourth-order valence-corrected chi connectivity index (χ4v) is 1.91. The molecule has 0 heterocycles. The van der Waals surface area contributed by atoms with Crippen LogP contribution in [-0.4, -0.2) is 23.7 Å². The molecule has 1 aromatic carbocycles. The summed E-state index contributed by atoms with van der Waals surface area (Å²) in [6.45, 7) is 0.447. The molecule has 110 valence electrons. The predicted molar refractivity (Wildman–Crippen MR) is 76.7 cm³/mol. The minimum atomic E-state index is -0.724. The number of hydrogen-bond donors (Lipinski definition) is 1. The largest absolute Gasteiger partial charge is 0.481 e. The second kappa shape index (κ2) is 10.0. The molecule has 0 saturated heterocycles. The second-order valence-corrected chi connectivity index (χ2v) is 4.77. The maximum absolute atomic E-state index is 11.6. The number of hydrogen-bond acceptors (Lipinski definition) is 3. The minimum absolute atomic E-state index is 0.259. The molecule has 0 amide bonds. The van der Waals surface area contributed by atoms with Gasteiger partial charge in [-0.3, -0.25) is 4.79 Å². The number of unbranched alkanes of at least 4 members (excludes halogenated alkanes) is 5. The number of carboxylic acid groups (broad SMARTS) is 1. The van der Waals surface area contributed by atoms with Crippen molar-refractivity contribution < 1.29 is 19.4 Å². The van der Waals surface area contributed by atoms with Gasteiger partial charge in [-0.05, 0) is 25.0 Å². The molecule has 0 aliphatic carbocycles. The van der Waals surface area contributed by atoms with E-state index in [1.807, 2.05) is 18.2 Å². The summed E-state index contributed by atoms with van der Waals surface area (Å²) in [5.74, 6) is -0.995. The van der Waals surface area contributed by atoms with Gasteiger partial charge in [0.1, 0.15) is 0 Å². The average molecular weight is 278 g/mol. The standard InChI is InChI=1S/C16H22O4/c17-15(18)12-8-3-1-2-4-9-13-20-16(19)14-10-6-5-7-11-14/h5-7,10-11H,1-4,8-9,12-13H2,(H,17,18). The molecule has 0 aromatic heterocycles. The smallest absolute Gasteiger partial charge is 0.338 e. The van der Waals surface area contributed by atoms with E-state index in [0.29, 0.717) is 12.2 Å². The highest BCUT2D eigenvalue weighted by Gasteiger charge is 2.04. The summed E-state index contributed by atoms with van der Waals surface area (Å²) in [4.78, 5) is 21.9. The minimum Gasteiger partial charge on any atom is -0.481 e. The van der Waals surface area contributed by atoms with Crippen LogP contribution in [-0.2, 0) is 9.53 Å². The second-order valence-electron chi connectivity index (χ2n) is 4.77. The number of aliphatic carboxylic acids is 1. The van der Waals surface area contributed by atoms with Gasteiger partial charge >= 0.3 is 11.9 Å². The van der Waals surface area contributed by atoms with Crippen molar-refractivity contribution in [3.8, 4) is 0 Å². The van der Waals surface area contributed by atoms with Crippen molar-refractivity contribution in [3.63, 3.8) is 0 Å². The molecule has 0 atom stereocenters. The first-order valence-electron chi connectivity index (χ1n) is 7.14. The van der Waals surface area contributed by atoms with E-state index in [0.717, 1.165) is 38.5 Å². The molecule has 1 N–H and O–H groups in total. The van der Waals surface area contributed by atoms with E-state index in [2.05, 4.69) is 0 Å². The van der Waals surface area contributed by atoms with Gasteiger partial charge in [0.05, 0.1) is 12.2 Å². The van der Waals surface area contributed by atoms with Gasteiger partial charge in [0, 0.05) is 6.42 Å². The number of carboxylic acids is 1. The Hall–Kier alpha value is -1.84. The molecule has 0 saturated carbocycles. The van der Waals surface area contributed by atoms with Gasteiger partial charge in [-0.15, -0.1) is 0 Å². The fraction of sp³-hybridized carbons (Fsp3) is 0.500. The lowest BCUT2D eigenvalue weighted by Gasteiger charge is -2.04. The van der Waals surface area contributed by atoms with Crippen LogP contribution in [0.15, 0.2) is 30.3 Å². The van der Waals surface area contributed by atoms with Gasteiger partial charge in [-0.1, -0.05) is 43.9 Å². The predicted octanol–water partition coefficient (Wildman–Crippen LogP) is 3.66. The van der Waals surface area contributed by atoms with Crippen LogP contribution in [0.3, 0.4) is 0 Å². The average Bonchev–Trinajstić information content (AvgIpc) is 2.46.